The zero-order valence-electron chi connectivity index (χ0n) is 11.8. The number of hydrogen-bond acceptors (Lipinski definition) is 1. The van der Waals surface area contributed by atoms with Gasteiger partial charge in [-0.3, -0.25) is 0 Å². The van der Waals surface area contributed by atoms with E-state index in [2.05, 4.69) is 54.9 Å². The highest BCUT2D eigenvalue weighted by Crippen LogP contribution is 2.19. The fraction of sp³-hybridized carbons (Fsp3) is 0.625. The summed E-state index contributed by atoms with van der Waals surface area (Å²) in [6.07, 6.45) is 5.07. The predicted molar refractivity (Wildman–Crippen MR) is 81.8 cm³/mol. The maximum atomic E-state index is 5.73. The van der Waals surface area contributed by atoms with E-state index in [0.29, 0.717) is 6.61 Å². The summed E-state index contributed by atoms with van der Waals surface area (Å²) >= 11 is 3.58. The fourth-order valence-corrected chi connectivity index (χ4v) is 2.46. The molecular formula is C16H25BrO. The molecule has 0 radical (unpaired) electrons. The van der Waals surface area contributed by atoms with Crippen LogP contribution in [0.4, 0.5) is 0 Å². The number of halogens is 1. The Balaban J connectivity index is 2.14. The van der Waals surface area contributed by atoms with Gasteiger partial charge >= 0.3 is 0 Å². The lowest BCUT2D eigenvalue weighted by atomic mass is 10.0. The van der Waals surface area contributed by atoms with E-state index in [4.69, 9.17) is 4.74 Å². The molecule has 0 aliphatic rings. The minimum Gasteiger partial charge on any atom is -0.377 e. The average molecular weight is 313 g/mol. The molecule has 0 fully saturated rings. The molecule has 1 nitrogen and oxygen atoms in total. The molecule has 0 saturated carbocycles. The Hall–Kier alpha value is -0.340. The first-order chi connectivity index (χ1) is 8.63. The van der Waals surface area contributed by atoms with Crippen molar-refractivity contribution in [1.82, 2.24) is 0 Å². The SMILES string of the molecule is CCC(C)CCCCOCc1ccc(C)cc1Br. The molecular weight excluding hydrogens is 288 g/mol. The maximum Gasteiger partial charge on any atom is 0.0727 e. The van der Waals surface area contributed by atoms with E-state index in [9.17, 15) is 0 Å². The van der Waals surface area contributed by atoms with Crippen molar-refractivity contribution >= 4 is 15.9 Å². The summed E-state index contributed by atoms with van der Waals surface area (Å²) in [5.41, 5.74) is 2.52. The van der Waals surface area contributed by atoms with Crippen LogP contribution in [0.25, 0.3) is 0 Å². The first-order valence-electron chi connectivity index (χ1n) is 6.96. The van der Waals surface area contributed by atoms with Gasteiger partial charge in [-0.2, -0.15) is 0 Å². The van der Waals surface area contributed by atoms with Crippen molar-refractivity contribution in [3.63, 3.8) is 0 Å². The van der Waals surface area contributed by atoms with Crippen LogP contribution in [0.1, 0.15) is 50.7 Å². The Labute approximate surface area is 120 Å². The highest BCUT2D eigenvalue weighted by molar-refractivity contribution is 9.10. The standard InChI is InChI=1S/C16H25BrO/c1-4-13(2)7-5-6-10-18-12-15-9-8-14(3)11-16(15)17/h8-9,11,13H,4-7,10,12H2,1-3H3. The number of rotatable bonds is 8. The summed E-state index contributed by atoms with van der Waals surface area (Å²) in [4.78, 5) is 0. The molecule has 0 heterocycles. The third-order valence-corrected chi connectivity index (χ3v) is 4.14. The third kappa shape index (κ3) is 6.01. The van der Waals surface area contributed by atoms with Gasteiger partial charge < -0.3 is 4.74 Å². The van der Waals surface area contributed by atoms with Crippen molar-refractivity contribution in [3.05, 3.63) is 33.8 Å². The summed E-state index contributed by atoms with van der Waals surface area (Å²) in [6, 6.07) is 6.41. The van der Waals surface area contributed by atoms with Crippen LogP contribution in [0, 0.1) is 12.8 Å². The lowest BCUT2D eigenvalue weighted by Gasteiger charge is -2.09. The highest BCUT2D eigenvalue weighted by atomic mass is 79.9. The van der Waals surface area contributed by atoms with Gasteiger partial charge in [0.05, 0.1) is 6.61 Å². The number of aryl methyl sites for hydroxylation is 1. The van der Waals surface area contributed by atoms with Gasteiger partial charge in [-0.15, -0.1) is 0 Å². The lowest BCUT2D eigenvalue weighted by molar-refractivity contribution is 0.115. The Morgan fingerprint density at radius 1 is 1.28 bits per heavy atom. The van der Waals surface area contributed by atoms with Crippen molar-refractivity contribution in [2.24, 2.45) is 5.92 Å². The summed E-state index contributed by atoms with van der Waals surface area (Å²) in [7, 11) is 0. The van der Waals surface area contributed by atoms with Crippen LogP contribution in [0.2, 0.25) is 0 Å². The molecule has 1 aromatic rings. The van der Waals surface area contributed by atoms with E-state index in [1.807, 2.05) is 0 Å². The first-order valence-corrected chi connectivity index (χ1v) is 7.75. The van der Waals surface area contributed by atoms with Crippen LogP contribution in [-0.2, 0) is 11.3 Å². The molecule has 1 atom stereocenters. The Kier molecular flexibility index (Phi) is 7.60. The molecule has 1 aromatic carbocycles. The second-order valence-electron chi connectivity index (χ2n) is 5.16. The van der Waals surface area contributed by atoms with Gasteiger partial charge in [0.2, 0.25) is 0 Å². The van der Waals surface area contributed by atoms with Gasteiger partial charge in [-0.05, 0) is 36.5 Å². The zero-order valence-corrected chi connectivity index (χ0v) is 13.4. The van der Waals surface area contributed by atoms with Crippen LogP contribution >= 0.6 is 15.9 Å². The molecule has 0 N–H and O–H groups in total. The van der Waals surface area contributed by atoms with E-state index in [-0.39, 0.29) is 0 Å². The van der Waals surface area contributed by atoms with Crippen LogP contribution in [0.5, 0.6) is 0 Å². The Morgan fingerprint density at radius 2 is 2.06 bits per heavy atom. The number of benzene rings is 1. The average Bonchev–Trinajstić information content (AvgIpc) is 2.35. The summed E-state index contributed by atoms with van der Waals surface area (Å²) in [5, 5.41) is 0. The highest BCUT2D eigenvalue weighted by Gasteiger charge is 2.01. The third-order valence-electron chi connectivity index (χ3n) is 3.40. The normalized spacial score (nSPS) is 12.7. The maximum absolute atomic E-state index is 5.73. The number of hydrogen-bond donors (Lipinski definition) is 0. The number of ether oxygens (including phenoxy) is 1. The predicted octanol–water partition coefficient (Wildman–Crippen LogP) is 5.49. The molecule has 1 unspecified atom stereocenters. The quantitative estimate of drug-likeness (QED) is 0.577. The van der Waals surface area contributed by atoms with Gasteiger partial charge in [-0.25, -0.2) is 0 Å². The van der Waals surface area contributed by atoms with Crippen LogP contribution in [-0.4, -0.2) is 6.61 Å². The topological polar surface area (TPSA) is 9.23 Å². The van der Waals surface area contributed by atoms with Crippen molar-refractivity contribution in [2.45, 2.75) is 53.1 Å². The van der Waals surface area contributed by atoms with Crippen molar-refractivity contribution in [3.8, 4) is 0 Å². The van der Waals surface area contributed by atoms with Gasteiger partial charge in [0.25, 0.3) is 0 Å². The van der Waals surface area contributed by atoms with Gasteiger partial charge in [0, 0.05) is 11.1 Å². The molecule has 0 aromatic heterocycles. The molecule has 1 rings (SSSR count). The molecule has 0 aliphatic heterocycles. The van der Waals surface area contributed by atoms with E-state index >= 15 is 0 Å². The number of unbranched alkanes of at least 4 members (excludes halogenated alkanes) is 1. The molecule has 0 spiro atoms. The molecule has 0 bridgehead atoms. The van der Waals surface area contributed by atoms with Gasteiger partial charge in [-0.1, -0.05) is 61.2 Å². The molecule has 2 heteroatoms. The van der Waals surface area contributed by atoms with E-state index in [1.54, 1.807) is 0 Å². The lowest BCUT2D eigenvalue weighted by Crippen LogP contribution is -1.98. The van der Waals surface area contributed by atoms with Crippen LogP contribution in [0.15, 0.2) is 22.7 Å². The Bertz CT molecular complexity index is 349. The van der Waals surface area contributed by atoms with E-state index in [0.717, 1.165) is 17.0 Å². The minimum absolute atomic E-state index is 0.712. The molecule has 102 valence electrons. The smallest absolute Gasteiger partial charge is 0.0727 e. The zero-order chi connectivity index (χ0) is 13.4. The first kappa shape index (κ1) is 15.7. The fourth-order valence-electron chi connectivity index (χ4n) is 1.85. The summed E-state index contributed by atoms with van der Waals surface area (Å²) < 4.78 is 6.88. The van der Waals surface area contributed by atoms with E-state index < -0.39 is 0 Å². The van der Waals surface area contributed by atoms with E-state index in [1.165, 1.54) is 36.8 Å². The van der Waals surface area contributed by atoms with Crippen molar-refractivity contribution in [1.29, 1.82) is 0 Å². The van der Waals surface area contributed by atoms with Crippen LogP contribution in [0.3, 0.4) is 0 Å². The van der Waals surface area contributed by atoms with Crippen molar-refractivity contribution < 1.29 is 4.74 Å². The van der Waals surface area contributed by atoms with Crippen molar-refractivity contribution in [2.75, 3.05) is 6.61 Å². The van der Waals surface area contributed by atoms with Gasteiger partial charge in [0.1, 0.15) is 0 Å². The van der Waals surface area contributed by atoms with Gasteiger partial charge in [0.15, 0.2) is 0 Å². The summed E-state index contributed by atoms with van der Waals surface area (Å²) in [5.74, 6) is 0.858. The largest absolute Gasteiger partial charge is 0.377 e. The minimum atomic E-state index is 0.712. The Morgan fingerprint density at radius 3 is 2.72 bits per heavy atom. The second-order valence-corrected chi connectivity index (χ2v) is 6.01. The molecule has 0 saturated heterocycles. The summed E-state index contributed by atoms with van der Waals surface area (Å²) in [6.45, 7) is 8.27. The molecule has 18 heavy (non-hydrogen) atoms. The second kappa shape index (κ2) is 8.71. The van der Waals surface area contributed by atoms with Crippen LogP contribution < -0.4 is 0 Å². The molecule has 0 amide bonds. The monoisotopic (exact) mass is 312 g/mol. The molecule has 0 aliphatic carbocycles.